The molecule has 2 heterocycles. The first kappa shape index (κ1) is 22.4. The molecule has 0 saturated heterocycles. The second-order valence-corrected chi connectivity index (χ2v) is 10.5. The summed E-state index contributed by atoms with van der Waals surface area (Å²) in [4.78, 5) is 13.2. The van der Waals surface area contributed by atoms with Crippen LogP contribution in [0.25, 0.3) is 0 Å². The standard InChI is InChI=1S/C26H26N2O5S/c1-18-6-9-21(10-7-18)34(30,31)28-13-12-20-4-2-3-5-22(20)23(28)15-26(29)27-16-19-8-11-24-25(14-19)33-17-32-24/h2-11,14,23H,12-13,15-17H2,1H3,(H,27,29)/t23-/m1/s1. The van der Waals surface area contributed by atoms with E-state index in [4.69, 9.17) is 9.47 Å². The summed E-state index contributed by atoms with van der Waals surface area (Å²) in [7, 11) is -3.77. The van der Waals surface area contributed by atoms with Gasteiger partial charge in [0.2, 0.25) is 22.7 Å². The lowest BCUT2D eigenvalue weighted by Gasteiger charge is -2.36. The number of carbonyl (C=O) groups excluding carboxylic acids is 1. The molecule has 5 rings (SSSR count). The maximum Gasteiger partial charge on any atom is 0.243 e. The third-order valence-corrected chi connectivity index (χ3v) is 8.22. The van der Waals surface area contributed by atoms with E-state index >= 15 is 0 Å². The monoisotopic (exact) mass is 478 g/mol. The molecule has 0 saturated carbocycles. The highest BCUT2D eigenvalue weighted by atomic mass is 32.2. The molecule has 2 aliphatic rings. The molecule has 3 aromatic rings. The van der Waals surface area contributed by atoms with Gasteiger partial charge < -0.3 is 14.8 Å². The highest BCUT2D eigenvalue weighted by Crippen LogP contribution is 2.36. The van der Waals surface area contributed by atoms with Crippen LogP contribution >= 0.6 is 0 Å². The third-order valence-electron chi connectivity index (χ3n) is 6.30. The summed E-state index contributed by atoms with van der Waals surface area (Å²) in [6, 6.07) is 19.5. The molecule has 2 aliphatic heterocycles. The van der Waals surface area contributed by atoms with Crippen LogP contribution in [0.2, 0.25) is 0 Å². The molecule has 0 aromatic heterocycles. The van der Waals surface area contributed by atoms with Gasteiger partial charge in [0.05, 0.1) is 10.9 Å². The van der Waals surface area contributed by atoms with Crippen molar-refractivity contribution in [3.05, 3.63) is 89.0 Å². The van der Waals surface area contributed by atoms with Crippen LogP contribution in [0.4, 0.5) is 0 Å². The highest BCUT2D eigenvalue weighted by Gasteiger charge is 2.37. The maximum atomic E-state index is 13.6. The lowest BCUT2D eigenvalue weighted by Crippen LogP contribution is -2.42. The minimum absolute atomic E-state index is 0.0344. The van der Waals surface area contributed by atoms with E-state index in [0.717, 1.165) is 22.3 Å². The molecule has 0 bridgehead atoms. The number of ether oxygens (including phenoxy) is 2. The molecule has 0 spiro atoms. The van der Waals surface area contributed by atoms with Gasteiger partial charge in [-0.2, -0.15) is 4.31 Å². The fourth-order valence-electron chi connectivity index (χ4n) is 4.47. The average Bonchev–Trinajstić information content (AvgIpc) is 3.31. The Hall–Kier alpha value is -3.36. The Morgan fingerprint density at radius 3 is 2.62 bits per heavy atom. The molecular formula is C26H26N2O5S. The first-order valence-electron chi connectivity index (χ1n) is 11.2. The quantitative estimate of drug-likeness (QED) is 0.584. The van der Waals surface area contributed by atoms with E-state index in [1.165, 1.54) is 4.31 Å². The Balaban J connectivity index is 1.37. The summed E-state index contributed by atoms with van der Waals surface area (Å²) < 4.78 is 39.3. The molecule has 8 heteroatoms. The molecule has 3 aromatic carbocycles. The van der Waals surface area contributed by atoms with Crippen molar-refractivity contribution in [3.8, 4) is 11.5 Å². The second kappa shape index (κ2) is 9.12. The van der Waals surface area contributed by atoms with Crippen molar-refractivity contribution in [1.82, 2.24) is 9.62 Å². The van der Waals surface area contributed by atoms with Gasteiger partial charge >= 0.3 is 0 Å². The van der Waals surface area contributed by atoms with E-state index in [-0.39, 0.29) is 24.0 Å². The summed E-state index contributed by atoms with van der Waals surface area (Å²) in [6.07, 6.45) is 0.642. The van der Waals surface area contributed by atoms with Crippen LogP contribution in [-0.2, 0) is 27.8 Å². The maximum absolute atomic E-state index is 13.6. The predicted octanol–water partition coefficient (Wildman–Crippen LogP) is 3.72. The number of carbonyl (C=O) groups is 1. The fourth-order valence-corrected chi connectivity index (χ4v) is 6.08. The number of rotatable bonds is 6. The molecule has 1 N–H and O–H groups in total. The number of fused-ring (bicyclic) bond motifs is 2. The minimum atomic E-state index is -3.77. The third kappa shape index (κ3) is 4.38. The van der Waals surface area contributed by atoms with Gasteiger partial charge in [-0.15, -0.1) is 0 Å². The van der Waals surface area contributed by atoms with Gasteiger partial charge in [0.15, 0.2) is 11.5 Å². The fraction of sp³-hybridized carbons (Fsp3) is 0.269. The molecular weight excluding hydrogens is 452 g/mol. The first-order valence-corrected chi connectivity index (χ1v) is 12.7. The number of hydrogen-bond donors (Lipinski definition) is 1. The lowest BCUT2D eigenvalue weighted by atomic mass is 9.92. The van der Waals surface area contributed by atoms with Crippen molar-refractivity contribution < 1.29 is 22.7 Å². The van der Waals surface area contributed by atoms with Crippen LogP contribution in [0.1, 0.15) is 34.7 Å². The van der Waals surface area contributed by atoms with Gasteiger partial charge in [-0.3, -0.25) is 4.79 Å². The van der Waals surface area contributed by atoms with E-state index in [0.29, 0.717) is 31.0 Å². The number of sulfonamides is 1. The Labute approximate surface area is 199 Å². The Morgan fingerprint density at radius 1 is 1.03 bits per heavy atom. The highest BCUT2D eigenvalue weighted by molar-refractivity contribution is 7.89. The second-order valence-electron chi connectivity index (χ2n) is 8.56. The summed E-state index contributed by atoms with van der Waals surface area (Å²) in [6.45, 7) is 2.75. The zero-order valence-electron chi connectivity index (χ0n) is 18.9. The Bertz CT molecular complexity index is 1320. The Kier molecular flexibility index (Phi) is 6.02. The van der Waals surface area contributed by atoms with Crippen LogP contribution in [0.3, 0.4) is 0 Å². The van der Waals surface area contributed by atoms with Crippen LogP contribution in [0.5, 0.6) is 11.5 Å². The van der Waals surface area contributed by atoms with Crippen molar-refractivity contribution in [2.24, 2.45) is 0 Å². The van der Waals surface area contributed by atoms with Crippen molar-refractivity contribution in [2.45, 2.75) is 37.2 Å². The van der Waals surface area contributed by atoms with Gasteiger partial charge in [-0.25, -0.2) is 8.42 Å². The largest absolute Gasteiger partial charge is 0.454 e. The van der Waals surface area contributed by atoms with Gasteiger partial charge in [0, 0.05) is 19.5 Å². The number of nitrogens with one attached hydrogen (secondary N) is 1. The van der Waals surface area contributed by atoms with E-state index in [9.17, 15) is 13.2 Å². The Morgan fingerprint density at radius 2 is 1.79 bits per heavy atom. The van der Waals surface area contributed by atoms with Crippen molar-refractivity contribution in [2.75, 3.05) is 13.3 Å². The van der Waals surface area contributed by atoms with E-state index in [2.05, 4.69) is 5.32 Å². The molecule has 0 aliphatic carbocycles. The van der Waals surface area contributed by atoms with Crippen molar-refractivity contribution >= 4 is 15.9 Å². The van der Waals surface area contributed by atoms with E-state index < -0.39 is 16.1 Å². The summed E-state index contributed by atoms with van der Waals surface area (Å²) in [5.41, 5.74) is 3.82. The number of benzene rings is 3. The average molecular weight is 479 g/mol. The van der Waals surface area contributed by atoms with Gasteiger partial charge in [-0.05, 0) is 54.3 Å². The molecule has 34 heavy (non-hydrogen) atoms. The zero-order chi connectivity index (χ0) is 23.7. The van der Waals surface area contributed by atoms with Gasteiger partial charge in [0.25, 0.3) is 0 Å². The number of nitrogens with zero attached hydrogens (tertiary/aromatic N) is 1. The van der Waals surface area contributed by atoms with Gasteiger partial charge in [-0.1, -0.05) is 48.0 Å². The van der Waals surface area contributed by atoms with Crippen LogP contribution < -0.4 is 14.8 Å². The molecule has 0 unspecified atom stereocenters. The summed E-state index contributed by atoms with van der Waals surface area (Å²) in [5, 5.41) is 2.93. The minimum Gasteiger partial charge on any atom is -0.454 e. The summed E-state index contributed by atoms with van der Waals surface area (Å²) >= 11 is 0. The molecule has 176 valence electrons. The predicted molar refractivity (Wildman–Crippen MR) is 127 cm³/mol. The number of amides is 1. The molecule has 1 atom stereocenters. The van der Waals surface area contributed by atoms with Crippen molar-refractivity contribution in [1.29, 1.82) is 0 Å². The zero-order valence-corrected chi connectivity index (χ0v) is 19.7. The molecule has 0 fully saturated rings. The molecule has 7 nitrogen and oxygen atoms in total. The lowest BCUT2D eigenvalue weighted by molar-refractivity contribution is -0.122. The normalized spacial score (nSPS) is 17.3. The molecule has 0 radical (unpaired) electrons. The number of hydrogen-bond acceptors (Lipinski definition) is 5. The molecule has 1 amide bonds. The van der Waals surface area contributed by atoms with Crippen LogP contribution in [0.15, 0.2) is 71.6 Å². The van der Waals surface area contributed by atoms with E-state index in [1.54, 1.807) is 24.3 Å². The van der Waals surface area contributed by atoms with Gasteiger partial charge in [0.1, 0.15) is 0 Å². The number of aryl methyl sites for hydroxylation is 1. The SMILES string of the molecule is Cc1ccc(S(=O)(=O)N2CCc3ccccc3[C@H]2CC(=O)NCc2ccc3c(c2)OCO3)cc1. The first-order chi connectivity index (χ1) is 16.4. The van der Waals surface area contributed by atoms with Crippen molar-refractivity contribution in [3.63, 3.8) is 0 Å². The topological polar surface area (TPSA) is 84.9 Å². The van der Waals surface area contributed by atoms with Crippen LogP contribution in [-0.4, -0.2) is 32.0 Å². The van der Waals surface area contributed by atoms with Crippen LogP contribution in [0, 0.1) is 6.92 Å². The van der Waals surface area contributed by atoms with E-state index in [1.807, 2.05) is 49.4 Å². The smallest absolute Gasteiger partial charge is 0.243 e. The summed E-state index contributed by atoms with van der Waals surface area (Å²) in [5.74, 6) is 1.12.